The number of sulfonamides is 1. The van der Waals surface area contributed by atoms with Gasteiger partial charge in [-0.15, -0.1) is 0 Å². The highest BCUT2D eigenvalue weighted by molar-refractivity contribution is 9.10. The Morgan fingerprint density at radius 1 is 1.17 bits per heavy atom. The molecule has 8 heteroatoms. The summed E-state index contributed by atoms with van der Waals surface area (Å²) in [6, 6.07) is 8.45. The molecule has 124 valence electrons. The zero-order valence-electron chi connectivity index (χ0n) is 12.5. The monoisotopic (exact) mass is 403 g/mol. The van der Waals surface area contributed by atoms with E-state index in [1.54, 1.807) is 13.0 Å². The Hall–Kier alpha value is -1.80. The molecular weight excluding hydrogens is 389 g/mol. The molecule has 1 N–H and O–H groups in total. The van der Waals surface area contributed by atoms with E-state index in [2.05, 4.69) is 20.7 Å². The number of benzene rings is 2. The van der Waals surface area contributed by atoms with E-state index < -0.39 is 15.8 Å². The maximum absolute atomic E-state index is 13.8. The molecule has 0 unspecified atom stereocenters. The van der Waals surface area contributed by atoms with Crippen LogP contribution < -0.4 is 14.2 Å². The first-order chi connectivity index (χ1) is 10.9. The minimum Gasteiger partial charge on any atom is -0.495 e. The van der Waals surface area contributed by atoms with Gasteiger partial charge in [-0.05, 0) is 37.3 Å². The molecule has 0 aliphatic heterocycles. The van der Waals surface area contributed by atoms with Crippen molar-refractivity contribution < 1.29 is 22.3 Å². The SMILES string of the molecule is CCOc1ccc(NS(=O)(=O)c2cc(Br)ccc2OC)cc1F. The lowest BCUT2D eigenvalue weighted by Crippen LogP contribution is -2.14. The van der Waals surface area contributed by atoms with Crippen molar-refractivity contribution in [3.8, 4) is 11.5 Å². The van der Waals surface area contributed by atoms with Gasteiger partial charge in [0.15, 0.2) is 11.6 Å². The lowest BCUT2D eigenvalue weighted by molar-refractivity contribution is 0.321. The van der Waals surface area contributed by atoms with Crippen molar-refractivity contribution >= 4 is 31.6 Å². The van der Waals surface area contributed by atoms with Gasteiger partial charge in [-0.1, -0.05) is 15.9 Å². The predicted molar refractivity (Wildman–Crippen MR) is 89.1 cm³/mol. The lowest BCUT2D eigenvalue weighted by atomic mass is 10.3. The summed E-state index contributed by atoms with van der Waals surface area (Å²) < 4.78 is 51.9. The molecule has 2 aromatic carbocycles. The average Bonchev–Trinajstić information content (AvgIpc) is 2.50. The van der Waals surface area contributed by atoms with Crippen molar-refractivity contribution in [2.75, 3.05) is 18.4 Å². The van der Waals surface area contributed by atoms with Gasteiger partial charge in [0.05, 0.1) is 19.4 Å². The van der Waals surface area contributed by atoms with E-state index in [1.165, 1.54) is 31.4 Å². The number of nitrogens with one attached hydrogen (secondary N) is 1. The molecule has 0 radical (unpaired) electrons. The van der Waals surface area contributed by atoms with Gasteiger partial charge in [0.2, 0.25) is 0 Å². The van der Waals surface area contributed by atoms with Gasteiger partial charge in [0.1, 0.15) is 10.6 Å². The highest BCUT2D eigenvalue weighted by Gasteiger charge is 2.20. The third-order valence-electron chi connectivity index (χ3n) is 2.90. The number of methoxy groups -OCH3 is 1. The molecular formula is C15H15BrFNO4S. The van der Waals surface area contributed by atoms with E-state index in [1.807, 2.05) is 0 Å². The first kappa shape index (κ1) is 17.6. The van der Waals surface area contributed by atoms with E-state index in [9.17, 15) is 12.8 Å². The Morgan fingerprint density at radius 3 is 2.48 bits per heavy atom. The number of hydrogen-bond acceptors (Lipinski definition) is 4. The van der Waals surface area contributed by atoms with Crippen LogP contribution in [-0.4, -0.2) is 22.1 Å². The maximum atomic E-state index is 13.8. The summed E-state index contributed by atoms with van der Waals surface area (Å²) in [5.41, 5.74) is 0.0907. The molecule has 0 fully saturated rings. The molecule has 5 nitrogen and oxygen atoms in total. The molecule has 0 aliphatic carbocycles. The molecule has 23 heavy (non-hydrogen) atoms. The fourth-order valence-electron chi connectivity index (χ4n) is 1.91. The summed E-state index contributed by atoms with van der Waals surface area (Å²) in [6.07, 6.45) is 0. The Kier molecular flexibility index (Phi) is 5.48. The molecule has 0 saturated heterocycles. The fraction of sp³-hybridized carbons (Fsp3) is 0.200. The molecule has 2 aromatic rings. The largest absolute Gasteiger partial charge is 0.495 e. The van der Waals surface area contributed by atoms with Gasteiger partial charge in [0, 0.05) is 10.5 Å². The summed E-state index contributed by atoms with van der Waals surface area (Å²) in [4.78, 5) is -0.0522. The smallest absolute Gasteiger partial charge is 0.265 e. The van der Waals surface area contributed by atoms with Gasteiger partial charge >= 0.3 is 0 Å². The van der Waals surface area contributed by atoms with E-state index in [0.29, 0.717) is 11.1 Å². The maximum Gasteiger partial charge on any atom is 0.265 e. The summed E-state index contributed by atoms with van der Waals surface area (Å²) in [7, 11) is -2.56. The van der Waals surface area contributed by atoms with Crippen molar-refractivity contribution in [1.29, 1.82) is 0 Å². The molecule has 0 bridgehead atoms. The summed E-state index contributed by atoms with van der Waals surface area (Å²) in [5, 5.41) is 0. The van der Waals surface area contributed by atoms with E-state index in [-0.39, 0.29) is 22.1 Å². The second kappa shape index (κ2) is 7.18. The minimum absolute atomic E-state index is 0.0522. The second-order valence-electron chi connectivity index (χ2n) is 4.48. The summed E-state index contributed by atoms with van der Waals surface area (Å²) in [6.45, 7) is 2.05. The number of halogens is 2. The van der Waals surface area contributed by atoms with Gasteiger partial charge in [-0.2, -0.15) is 0 Å². The normalized spacial score (nSPS) is 11.1. The van der Waals surface area contributed by atoms with Crippen LogP contribution in [0.3, 0.4) is 0 Å². The van der Waals surface area contributed by atoms with Gasteiger partial charge in [-0.25, -0.2) is 12.8 Å². The highest BCUT2D eigenvalue weighted by atomic mass is 79.9. The zero-order chi connectivity index (χ0) is 17.0. The third-order valence-corrected chi connectivity index (χ3v) is 4.79. The fourth-order valence-corrected chi connectivity index (χ4v) is 3.67. The topological polar surface area (TPSA) is 64.6 Å². The molecule has 0 heterocycles. The van der Waals surface area contributed by atoms with Crippen molar-refractivity contribution in [3.63, 3.8) is 0 Å². The zero-order valence-corrected chi connectivity index (χ0v) is 14.9. The van der Waals surface area contributed by atoms with Crippen LogP contribution in [0, 0.1) is 5.82 Å². The molecule has 0 spiro atoms. The molecule has 2 rings (SSSR count). The van der Waals surface area contributed by atoms with Crippen molar-refractivity contribution in [2.24, 2.45) is 0 Å². The van der Waals surface area contributed by atoms with Crippen LogP contribution in [-0.2, 0) is 10.0 Å². The minimum atomic E-state index is -3.93. The third kappa shape index (κ3) is 4.14. The standard InChI is InChI=1S/C15H15BrFNO4S/c1-3-22-13-7-5-11(9-12(13)17)18-23(19,20)15-8-10(16)4-6-14(15)21-2/h4-9,18H,3H2,1-2H3. The van der Waals surface area contributed by atoms with Crippen molar-refractivity contribution in [1.82, 2.24) is 0 Å². The number of ether oxygens (including phenoxy) is 2. The first-order valence-electron chi connectivity index (χ1n) is 6.66. The molecule has 0 aliphatic rings. The number of rotatable bonds is 6. The van der Waals surface area contributed by atoms with Crippen LogP contribution >= 0.6 is 15.9 Å². The number of anilines is 1. The van der Waals surface area contributed by atoms with E-state index in [4.69, 9.17) is 9.47 Å². The summed E-state index contributed by atoms with van der Waals surface area (Å²) in [5.74, 6) is -0.393. The first-order valence-corrected chi connectivity index (χ1v) is 8.93. The van der Waals surface area contributed by atoms with Gasteiger partial charge < -0.3 is 9.47 Å². The van der Waals surface area contributed by atoms with Crippen LogP contribution in [0.4, 0.5) is 10.1 Å². The van der Waals surface area contributed by atoms with Gasteiger partial charge in [0.25, 0.3) is 10.0 Å². The van der Waals surface area contributed by atoms with E-state index in [0.717, 1.165) is 6.07 Å². The molecule has 0 atom stereocenters. The Labute approximate surface area is 142 Å². The van der Waals surface area contributed by atoms with Crippen molar-refractivity contribution in [3.05, 3.63) is 46.7 Å². The van der Waals surface area contributed by atoms with Gasteiger partial charge in [-0.3, -0.25) is 4.72 Å². The molecule has 0 saturated carbocycles. The van der Waals surface area contributed by atoms with Crippen LogP contribution in [0.1, 0.15) is 6.92 Å². The Morgan fingerprint density at radius 2 is 1.87 bits per heavy atom. The Bertz CT molecular complexity index is 811. The average molecular weight is 404 g/mol. The highest BCUT2D eigenvalue weighted by Crippen LogP contribution is 2.30. The van der Waals surface area contributed by atoms with Crippen LogP contribution in [0.25, 0.3) is 0 Å². The van der Waals surface area contributed by atoms with E-state index >= 15 is 0 Å². The Balaban J connectivity index is 2.35. The predicted octanol–water partition coefficient (Wildman–Crippen LogP) is 3.80. The van der Waals surface area contributed by atoms with Crippen molar-refractivity contribution in [2.45, 2.75) is 11.8 Å². The second-order valence-corrected chi connectivity index (χ2v) is 7.05. The van der Waals surface area contributed by atoms with Crippen LogP contribution in [0.15, 0.2) is 45.8 Å². The summed E-state index contributed by atoms with van der Waals surface area (Å²) >= 11 is 3.22. The molecule has 0 aromatic heterocycles. The number of hydrogen-bond donors (Lipinski definition) is 1. The molecule has 0 amide bonds. The van der Waals surface area contributed by atoms with Crippen LogP contribution in [0.2, 0.25) is 0 Å². The van der Waals surface area contributed by atoms with Crippen LogP contribution in [0.5, 0.6) is 11.5 Å². The quantitative estimate of drug-likeness (QED) is 0.796. The lowest BCUT2D eigenvalue weighted by Gasteiger charge is -2.13.